The average Bonchev–Trinajstić information content (AvgIpc) is 3.21. The van der Waals surface area contributed by atoms with Crippen molar-refractivity contribution in [2.75, 3.05) is 6.61 Å². The first-order valence-electron chi connectivity index (χ1n) is 11.3. The molecule has 0 aliphatic carbocycles. The number of nitrogens with zero attached hydrogens (tertiary/aromatic N) is 2. The van der Waals surface area contributed by atoms with E-state index < -0.39 is 0 Å². The summed E-state index contributed by atoms with van der Waals surface area (Å²) in [5.41, 5.74) is 4.10. The third kappa shape index (κ3) is 5.69. The lowest BCUT2D eigenvalue weighted by Crippen LogP contribution is -2.27. The van der Waals surface area contributed by atoms with Crippen LogP contribution in [0.1, 0.15) is 36.3 Å². The van der Waals surface area contributed by atoms with E-state index in [1.54, 1.807) is 6.08 Å². The molecule has 5 heteroatoms. The SMILES string of the molecule is Cc1ccccc1OCCCn1c(C(C)NC(=O)/C=C\c2ccccc2)nc2ccccc21. The van der Waals surface area contributed by atoms with Crippen molar-refractivity contribution in [3.63, 3.8) is 0 Å². The molecule has 0 radical (unpaired) electrons. The molecule has 1 unspecified atom stereocenters. The van der Waals surface area contributed by atoms with Crippen LogP contribution in [-0.4, -0.2) is 22.1 Å². The number of para-hydroxylation sites is 3. The highest BCUT2D eigenvalue weighted by atomic mass is 16.5. The summed E-state index contributed by atoms with van der Waals surface area (Å²) in [4.78, 5) is 17.3. The molecule has 3 aromatic carbocycles. The molecular formula is C28H29N3O2. The highest BCUT2D eigenvalue weighted by Crippen LogP contribution is 2.22. The molecule has 0 spiro atoms. The Morgan fingerprint density at radius 1 is 1.03 bits per heavy atom. The summed E-state index contributed by atoms with van der Waals surface area (Å²) in [6, 6.07) is 25.7. The second-order valence-corrected chi connectivity index (χ2v) is 8.05. The number of rotatable bonds is 9. The first-order valence-corrected chi connectivity index (χ1v) is 11.3. The van der Waals surface area contributed by atoms with Crippen LogP contribution in [-0.2, 0) is 11.3 Å². The van der Waals surface area contributed by atoms with E-state index >= 15 is 0 Å². The highest BCUT2D eigenvalue weighted by Gasteiger charge is 2.17. The number of ether oxygens (including phenoxy) is 1. The first kappa shape index (κ1) is 22.3. The molecule has 0 saturated heterocycles. The van der Waals surface area contributed by atoms with Gasteiger partial charge in [-0.25, -0.2) is 4.98 Å². The molecule has 33 heavy (non-hydrogen) atoms. The molecule has 168 valence electrons. The fourth-order valence-electron chi connectivity index (χ4n) is 3.84. The number of imidazole rings is 1. The molecule has 0 fully saturated rings. The topological polar surface area (TPSA) is 56.1 Å². The summed E-state index contributed by atoms with van der Waals surface area (Å²) in [5.74, 6) is 1.61. The number of benzene rings is 3. The average molecular weight is 440 g/mol. The number of hydrogen-bond acceptors (Lipinski definition) is 3. The lowest BCUT2D eigenvalue weighted by atomic mass is 10.2. The molecule has 0 aliphatic heterocycles. The van der Waals surface area contributed by atoms with Crippen molar-refractivity contribution < 1.29 is 9.53 Å². The van der Waals surface area contributed by atoms with Crippen LogP contribution in [0.5, 0.6) is 5.75 Å². The number of carbonyl (C=O) groups is 1. The van der Waals surface area contributed by atoms with E-state index in [9.17, 15) is 4.79 Å². The van der Waals surface area contributed by atoms with Gasteiger partial charge in [0.05, 0.1) is 23.7 Å². The van der Waals surface area contributed by atoms with Crippen LogP contribution >= 0.6 is 0 Å². The highest BCUT2D eigenvalue weighted by molar-refractivity contribution is 5.92. The minimum Gasteiger partial charge on any atom is -0.493 e. The number of aromatic nitrogens is 2. The monoisotopic (exact) mass is 439 g/mol. The smallest absolute Gasteiger partial charge is 0.244 e. The Morgan fingerprint density at radius 2 is 1.76 bits per heavy atom. The maximum atomic E-state index is 12.5. The van der Waals surface area contributed by atoms with Crippen LogP contribution < -0.4 is 10.1 Å². The van der Waals surface area contributed by atoms with Crippen molar-refractivity contribution in [2.24, 2.45) is 0 Å². The van der Waals surface area contributed by atoms with Crippen LogP contribution in [0.2, 0.25) is 0 Å². The Hall–Kier alpha value is -3.86. The second kappa shape index (κ2) is 10.6. The third-order valence-corrected chi connectivity index (χ3v) is 5.53. The van der Waals surface area contributed by atoms with Gasteiger partial charge in [0.2, 0.25) is 5.91 Å². The van der Waals surface area contributed by atoms with E-state index in [1.807, 2.05) is 92.7 Å². The van der Waals surface area contributed by atoms with Crippen LogP contribution in [0.3, 0.4) is 0 Å². The molecule has 0 bridgehead atoms. The normalized spacial score (nSPS) is 12.2. The van der Waals surface area contributed by atoms with Gasteiger partial charge in [0.1, 0.15) is 11.6 Å². The van der Waals surface area contributed by atoms with Crippen LogP contribution in [0.25, 0.3) is 17.1 Å². The molecule has 4 rings (SSSR count). The van der Waals surface area contributed by atoms with E-state index in [2.05, 4.69) is 16.0 Å². The van der Waals surface area contributed by atoms with Gasteiger partial charge in [-0.15, -0.1) is 0 Å². The summed E-state index contributed by atoms with van der Waals surface area (Å²) in [6.07, 6.45) is 4.21. The molecule has 1 aromatic heterocycles. The number of hydrogen-bond donors (Lipinski definition) is 1. The molecule has 0 saturated carbocycles. The molecule has 4 aromatic rings. The van der Waals surface area contributed by atoms with Crippen LogP contribution in [0.4, 0.5) is 0 Å². The number of carbonyl (C=O) groups excluding carboxylic acids is 1. The van der Waals surface area contributed by atoms with Gasteiger partial charge in [-0.2, -0.15) is 0 Å². The predicted octanol–water partition coefficient (Wildman–Crippen LogP) is 5.70. The zero-order chi connectivity index (χ0) is 23.0. The third-order valence-electron chi connectivity index (χ3n) is 5.53. The van der Waals surface area contributed by atoms with Crippen LogP contribution in [0, 0.1) is 6.92 Å². The molecule has 1 atom stereocenters. The number of fused-ring (bicyclic) bond motifs is 1. The zero-order valence-electron chi connectivity index (χ0n) is 19.1. The number of aryl methyl sites for hydroxylation is 2. The van der Waals surface area contributed by atoms with E-state index in [0.717, 1.165) is 46.7 Å². The van der Waals surface area contributed by atoms with Crippen molar-refractivity contribution in [3.05, 3.63) is 102 Å². The second-order valence-electron chi connectivity index (χ2n) is 8.05. The van der Waals surface area contributed by atoms with Gasteiger partial charge in [-0.1, -0.05) is 60.7 Å². The summed E-state index contributed by atoms with van der Waals surface area (Å²) >= 11 is 0. The Morgan fingerprint density at radius 3 is 2.58 bits per heavy atom. The van der Waals surface area contributed by atoms with Gasteiger partial charge < -0.3 is 14.6 Å². The number of nitrogens with one attached hydrogen (secondary N) is 1. The summed E-state index contributed by atoms with van der Waals surface area (Å²) in [7, 11) is 0. The number of amides is 1. The Bertz CT molecular complexity index is 1240. The van der Waals surface area contributed by atoms with Crippen molar-refractivity contribution in [2.45, 2.75) is 32.9 Å². The van der Waals surface area contributed by atoms with E-state index in [1.165, 1.54) is 0 Å². The van der Waals surface area contributed by atoms with Gasteiger partial charge in [0, 0.05) is 12.6 Å². The molecule has 1 amide bonds. The minimum absolute atomic E-state index is 0.146. The van der Waals surface area contributed by atoms with Crippen molar-refractivity contribution in [1.29, 1.82) is 0 Å². The fraction of sp³-hybridized carbons (Fsp3) is 0.214. The van der Waals surface area contributed by atoms with E-state index in [4.69, 9.17) is 9.72 Å². The van der Waals surface area contributed by atoms with E-state index in [-0.39, 0.29) is 11.9 Å². The summed E-state index contributed by atoms with van der Waals surface area (Å²) in [5, 5.41) is 3.05. The molecule has 1 heterocycles. The van der Waals surface area contributed by atoms with Gasteiger partial charge >= 0.3 is 0 Å². The molecule has 1 N–H and O–H groups in total. The van der Waals surface area contributed by atoms with Gasteiger partial charge in [-0.05, 0) is 55.7 Å². The van der Waals surface area contributed by atoms with Crippen molar-refractivity contribution in [3.8, 4) is 5.75 Å². The molecule has 5 nitrogen and oxygen atoms in total. The molecule has 0 aliphatic rings. The van der Waals surface area contributed by atoms with Gasteiger partial charge in [0.15, 0.2) is 0 Å². The van der Waals surface area contributed by atoms with Crippen molar-refractivity contribution in [1.82, 2.24) is 14.9 Å². The summed E-state index contributed by atoms with van der Waals surface area (Å²) < 4.78 is 8.16. The summed E-state index contributed by atoms with van der Waals surface area (Å²) in [6.45, 7) is 5.38. The Kier molecular flexibility index (Phi) is 7.20. The zero-order valence-corrected chi connectivity index (χ0v) is 19.1. The predicted molar refractivity (Wildman–Crippen MR) is 133 cm³/mol. The Balaban J connectivity index is 1.44. The largest absolute Gasteiger partial charge is 0.493 e. The fourth-order valence-corrected chi connectivity index (χ4v) is 3.84. The van der Waals surface area contributed by atoms with Crippen molar-refractivity contribution >= 4 is 23.0 Å². The van der Waals surface area contributed by atoms with Gasteiger partial charge in [0.25, 0.3) is 0 Å². The first-order chi connectivity index (χ1) is 16.1. The minimum atomic E-state index is -0.234. The molecular weight excluding hydrogens is 410 g/mol. The maximum absolute atomic E-state index is 12.5. The Labute approximate surface area is 194 Å². The van der Waals surface area contributed by atoms with E-state index in [0.29, 0.717) is 6.61 Å². The maximum Gasteiger partial charge on any atom is 0.244 e. The van der Waals surface area contributed by atoms with Crippen LogP contribution in [0.15, 0.2) is 84.9 Å². The standard InChI is InChI=1S/C28H29N3O2/c1-21-11-6-9-16-26(21)33-20-10-19-31-25-15-8-7-14-24(25)30-28(31)22(2)29-27(32)18-17-23-12-4-3-5-13-23/h3-9,11-18,22H,10,19-20H2,1-2H3,(H,29,32)/b18-17-. The lowest BCUT2D eigenvalue weighted by Gasteiger charge is -2.16. The lowest BCUT2D eigenvalue weighted by molar-refractivity contribution is -0.117. The van der Waals surface area contributed by atoms with Gasteiger partial charge in [-0.3, -0.25) is 4.79 Å². The quantitative estimate of drug-likeness (QED) is 0.269.